The van der Waals surface area contributed by atoms with Crippen molar-refractivity contribution in [3.63, 3.8) is 0 Å². The molecule has 0 radical (unpaired) electrons. The van der Waals surface area contributed by atoms with E-state index >= 15 is 0 Å². The molecule has 0 atom stereocenters. The summed E-state index contributed by atoms with van der Waals surface area (Å²) in [6.07, 6.45) is -7.42. The predicted octanol–water partition coefficient (Wildman–Crippen LogP) is -0.193. The zero-order valence-electron chi connectivity index (χ0n) is 13.4. The van der Waals surface area contributed by atoms with E-state index in [1.807, 2.05) is 0 Å². The van der Waals surface area contributed by atoms with E-state index in [-0.39, 0.29) is 0 Å². The van der Waals surface area contributed by atoms with Crippen LogP contribution in [0.1, 0.15) is 38.5 Å². The molecule has 0 aromatic heterocycles. The van der Waals surface area contributed by atoms with Gasteiger partial charge in [-0.15, -0.1) is 0 Å². The quantitative estimate of drug-likeness (QED) is 0.245. The van der Waals surface area contributed by atoms with Gasteiger partial charge in [0, 0.05) is 10.8 Å². The average Bonchev–Trinajstić information content (AvgIpc) is 2.32. The Morgan fingerprint density at radius 1 is 0.385 bits per heavy atom. The normalized spacial score (nSPS) is 11.5. The number of carboxylic acids is 6. The minimum absolute atomic E-state index is 1.24. The lowest BCUT2D eigenvalue weighted by Crippen LogP contribution is -2.50. The van der Waals surface area contributed by atoms with Gasteiger partial charge in [0.2, 0.25) is 0 Å². The average molecular weight is 378 g/mol. The van der Waals surface area contributed by atoms with Crippen LogP contribution in [0.5, 0.6) is 0 Å². The van der Waals surface area contributed by atoms with Crippen molar-refractivity contribution in [2.75, 3.05) is 0 Å². The lowest BCUT2D eigenvalue weighted by molar-refractivity contribution is -0.171. The summed E-state index contributed by atoms with van der Waals surface area (Å²) in [7, 11) is 0. The molecule has 0 aliphatic carbocycles. The molecular weight excluding hydrogens is 360 g/mol. The highest BCUT2D eigenvalue weighted by molar-refractivity contribution is 5.81. The third-order valence-electron chi connectivity index (χ3n) is 4.06. The van der Waals surface area contributed by atoms with Crippen LogP contribution in [0.25, 0.3) is 0 Å². The fraction of sp³-hybridized carbons (Fsp3) is 0.571. The predicted molar refractivity (Wildman–Crippen MR) is 78.4 cm³/mol. The number of aliphatic carboxylic acids is 6. The van der Waals surface area contributed by atoms with Crippen LogP contribution in [-0.2, 0) is 28.8 Å². The van der Waals surface area contributed by atoms with Crippen molar-refractivity contribution in [1.82, 2.24) is 0 Å². The zero-order valence-corrected chi connectivity index (χ0v) is 13.4. The maximum atomic E-state index is 11.3. The molecular formula is C14H18O12. The van der Waals surface area contributed by atoms with Gasteiger partial charge in [0.1, 0.15) is 0 Å². The van der Waals surface area contributed by atoms with Crippen LogP contribution in [0.3, 0.4) is 0 Å². The first kappa shape index (κ1) is 22.8. The molecule has 26 heavy (non-hydrogen) atoms. The molecule has 0 aromatic rings. The van der Waals surface area contributed by atoms with Gasteiger partial charge >= 0.3 is 35.8 Å². The SMILES string of the molecule is O=C(O)CC(CC(=O)O)(CC(=O)O)C(CC(=O)O)(CC(=O)O)CC(=O)O. The van der Waals surface area contributed by atoms with Crippen molar-refractivity contribution in [2.24, 2.45) is 10.8 Å². The van der Waals surface area contributed by atoms with Crippen molar-refractivity contribution >= 4 is 35.8 Å². The number of hydrogen-bond donors (Lipinski definition) is 6. The van der Waals surface area contributed by atoms with Gasteiger partial charge in [-0.1, -0.05) is 0 Å². The maximum absolute atomic E-state index is 11.3. The van der Waals surface area contributed by atoms with Crippen molar-refractivity contribution in [2.45, 2.75) is 38.5 Å². The largest absolute Gasteiger partial charge is 0.481 e. The summed E-state index contributed by atoms with van der Waals surface area (Å²) in [6, 6.07) is 0. The Bertz CT molecular complexity index is 484. The highest BCUT2D eigenvalue weighted by Gasteiger charge is 2.57. The fourth-order valence-corrected chi connectivity index (χ4v) is 3.24. The lowest BCUT2D eigenvalue weighted by Gasteiger charge is -2.47. The molecule has 0 rings (SSSR count). The minimum atomic E-state index is -2.47. The molecule has 0 aliphatic heterocycles. The van der Waals surface area contributed by atoms with E-state index in [0.29, 0.717) is 0 Å². The first-order valence-electron chi connectivity index (χ1n) is 7.06. The molecule has 146 valence electrons. The Hall–Kier alpha value is -3.18. The number of rotatable bonds is 13. The summed E-state index contributed by atoms with van der Waals surface area (Å²) in [5.74, 6) is -10.3. The minimum Gasteiger partial charge on any atom is -0.481 e. The lowest BCUT2D eigenvalue weighted by atomic mass is 9.54. The second-order valence-electron chi connectivity index (χ2n) is 5.98. The highest BCUT2D eigenvalue weighted by Crippen LogP contribution is 2.55. The molecule has 12 heteroatoms. The second kappa shape index (κ2) is 8.78. The molecule has 6 N–H and O–H groups in total. The van der Waals surface area contributed by atoms with Gasteiger partial charge < -0.3 is 30.6 Å². The molecule has 0 amide bonds. The first-order chi connectivity index (χ1) is 11.7. The molecule has 0 unspecified atom stereocenters. The summed E-state index contributed by atoms with van der Waals surface area (Å²) in [5, 5.41) is 54.7. The summed E-state index contributed by atoms with van der Waals surface area (Å²) in [4.78, 5) is 67.5. The topological polar surface area (TPSA) is 224 Å². The Kier molecular flexibility index (Phi) is 7.71. The van der Waals surface area contributed by atoms with E-state index in [9.17, 15) is 28.8 Å². The van der Waals surface area contributed by atoms with E-state index in [4.69, 9.17) is 30.6 Å². The van der Waals surface area contributed by atoms with Crippen molar-refractivity contribution in [3.05, 3.63) is 0 Å². The third-order valence-corrected chi connectivity index (χ3v) is 4.06. The number of carbonyl (C=O) groups is 6. The van der Waals surface area contributed by atoms with Gasteiger partial charge in [-0.05, 0) is 0 Å². The standard InChI is InChI=1S/C14H18O12/c15-7(16)1-13(2-8(17)18,3-9(19)20)14(4-10(21)22,5-11(23)24)6-12(25)26/h1-6H2,(H,15,16)(H,17,18)(H,19,20)(H,21,22)(H,23,24)(H,25,26). The van der Waals surface area contributed by atoms with Gasteiger partial charge in [0.15, 0.2) is 0 Å². The summed E-state index contributed by atoms with van der Waals surface area (Å²) in [6.45, 7) is 0. The smallest absolute Gasteiger partial charge is 0.303 e. The van der Waals surface area contributed by atoms with Crippen LogP contribution < -0.4 is 0 Å². The van der Waals surface area contributed by atoms with Crippen molar-refractivity contribution in [3.8, 4) is 0 Å². The van der Waals surface area contributed by atoms with Crippen LogP contribution in [-0.4, -0.2) is 66.5 Å². The third kappa shape index (κ3) is 6.37. The van der Waals surface area contributed by atoms with Crippen LogP contribution in [0.15, 0.2) is 0 Å². The van der Waals surface area contributed by atoms with Crippen molar-refractivity contribution in [1.29, 1.82) is 0 Å². The number of carboxylic acid groups (broad SMARTS) is 6. The van der Waals surface area contributed by atoms with Gasteiger partial charge in [-0.2, -0.15) is 0 Å². The van der Waals surface area contributed by atoms with E-state index in [0.717, 1.165) is 0 Å². The Morgan fingerprint density at radius 2 is 0.500 bits per heavy atom. The summed E-state index contributed by atoms with van der Waals surface area (Å²) in [5.41, 5.74) is -4.93. The van der Waals surface area contributed by atoms with Gasteiger partial charge in [0.25, 0.3) is 0 Å². The van der Waals surface area contributed by atoms with Crippen LogP contribution in [0.4, 0.5) is 0 Å². The molecule has 0 fully saturated rings. The van der Waals surface area contributed by atoms with E-state index in [2.05, 4.69) is 0 Å². The molecule has 0 aliphatic rings. The second-order valence-corrected chi connectivity index (χ2v) is 5.98. The van der Waals surface area contributed by atoms with E-state index in [1.165, 1.54) is 0 Å². The molecule has 12 nitrogen and oxygen atoms in total. The van der Waals surface area contributed by atoms with Crippen molar-refractivity contribution < 1.29 is 59.4 Å². The molecule has 0 aromatic carbocycles. The molecule has 0 bridgehead atoms. The number of hydrogen-bond acceptors (Lipinski definition) is 6. The van der Waals surface area contributed by atoms with Gasteiger partial charge in [-0.25, -0.2) is 0 Å². The summed E-state index contributed by atoms with van der Waals surface area (Å²) < 4.78 is 0. The Morgan fingerprint density at radius 3 is 0.577 bits per heavy atom. The monoisotopic (exact) mass is 378 g/mol. The van der Waals surface area contributed by atoms with Crippen LogP contribution >= 0.6 is 0 Å². The molecule has 0 spiro atoms. The van der Waals surface area contributed by atoms with Crippen LogP contribution in [0.2, 0.25) is 0 Å². The molecule has 0 saturated carbocycles. The van der Waals surface area contributed by atoms with E-state index in [1.54, 1.807) is 0 Å². The van der Waals surface area contributed by atoms with Crippen LogP contribution in [0, 0.1) is 10.8 Å². The molecule has 0 saturated heterocycles. The fourth-order valence-electron chi connectivity index (χ4n) is 3.24. The van der Waals surface area contributed by atoms with Gasteiger partial charge in [0.05, 0.1) is 38.5 Å². The summed E-state index contributed by atoms with van der Waals surface area (Å²) >= 11 is 0. The Labute approximate surface area is 145 Å². The highest BCUT2D eigenvalue weighted by atomic mass is 16.4. The molecule has 0 heterocycles. The Balaban J connectivity index is 6.82. The maximum Gasteiger partial charge on any atom is 0.303 e. The van der Waals surface area contributed by atoms with Gasteiger partial charge in [-0.3, -0.25) is 28.8 Å². The van der Waals surface area contributed by atoms with E-state index < -0.39 is 85.2 Å². The zero-order chi connectivity index (χ0) is 20.7. The first-order valence-corrected chi connectivity index (χ1v) is 7.06.